The number of benzene rings is 1. The second-order valence-corrected chi connectivity index (χ2v) is 8.88. The normalized spacial score (nSPS) is 24.3. The number of amides is 2. The van der Waals surface area contributed by atoms with E-state index in [0.29, 0.717) is 43.4 Å². The number of nitrogens with zero attached hydrogens (tertiary/aromatic N) is 3. The molecule has 1 aromatic heterocycles. The van der Waals surface area contributed by atoms with Gasteiger partial charge in [-0.05, 0) is 30.5 Å². The summed E-state index contributed by atoms with van der Waals surface area (Å²) >= 11 is 0. The molecule has 2 saturated heterocycles. The van der Waals surface area contributed by atoms with Crippen molar-refractivity contribution in [2.75, 3.05) is 38.8 Å². The fraction of sp³-hybridized carbons (Fsp3) is 0.458. The van der Waals surface area contributed by atoms with Gasteiger partial charge >= 0.3 is 0 Å². The average molecular weight is 437 g/mol. The quantitative estimate of drug-likeness (QED) is 0.730. The number of ether oxygens (including phenoxy) is 2. The lowest BCUT2D eigenvalue weighted by Crippen LogP contribution is -2.50. The number of hydrogen-bond donors (Lipinski definition) is 0. The van der Waals surface area contributed by atoms with Gasteiger partial charge in [0.1, 0.15) is 11.5 Å². The summed E-state index contributed by atoms with van der Waals surface area (Å²) in [4.78, 5) is 42.0. The van der Waals surface area contributed by atoms with E-state index < -0.39 is 0 Å². The Labute approximate surface area is 186 Å². The summed E-state index contributed by atoms with van der Waals surface area (Å²) in [6.07, 6.45) is 1.18. The van der Waals surface area contributed by atoms with E-state index in [4.69, 9.17) is 9.47 Å². The fourth-order valence-electron chi connectivity index (χ4n) is 5.45. The van der Waals surface area contributed by atoms with Crippen LogP contribution in [0, 0.1) is 11.8 Å². The molecule has 8 nitrogen and oxygen atoms in total. The number of piperidine rings is 1. The lowest BCUT2D eigenvalue weighted by molar-refractivity contribution is -0.138. The Morgan fingerprint density at radius 2 is 1.84 bits per heavy atom. The minimum Gasteiger partial charge on any atom is -0.497 e. The molecule has 0 radical (unpaired) electrons. The van der Waals surface area contributed by atoms with E-state index in [1.165, 1.54) is 0 Å². The second-order valence-electron chi connectivity index (χ2n) is 8.88. The smallest absolute Gasteiger partial charge is 0.250 e. The zero-order valence-electron chi connectivity index (χ0n) is 18.3. The number of carbonyl (C=O) groups is 2. The number of fused-ring (bicyclic) bond motifs is 4. The van der Waals surface area contributed by atoms with Gasteiger partial charge in [0.15, 0.2) is 0 Å². The molecule has 0 spiro atoms. The number of hydrogen-bond acceptors (Lipinski definition) is 5. The van der Waals surface area contributed by atoms with Crippen LogP contribution in [0.4, 0.5) is 5.69 Å². The predicted octanol–water partition coefficient (Wildman–Crippen LogP) is 1.86. The Morgan fingerprint density at radius 1 is 1.00 bits per heavy atom. The van der Waals surface area contributed by atoms with Crippen LogP contribution in [-0.4, -0.2) is 55.1 Å². The maximum atomic E-state index is 13.4. The van der Waals surface area contributed by atoms with Crippen LogP contribution >= 0.6 is 0 Å². The molecular formula is C24H27N3O5. The van der Waals surface area contributed by atoms with Crippen molar-refractivity contribution in [3.63, 3.8) is 0 Å². The van der Waals surface area contributed by atoms with Crippen molar-refractivity contribution in [2.24, 2.45) is 11.8 Å². The number of pyridine rings is 1. The van der Waals surface area contributed by atoms with Crippen LogP contribution in [0.15, 0.2) is 41.2 Å². The molecule has 5 rings (SSSR count). The minimum absolute atomic E-state index is 0.0229. The van der Waals surface area contributed by atoms with Gasteiger partial charge in [0.2, 0.25) is 11.8 Å². The van der Waals surface area contributed by atoms with Gasteiger partial charge in [0, 0.05) is 56.3 Å². The number of likely N-dealkylation sites (tertiary alicyclic amines) is 1. The topological polar surface area (TPSA) is 81.1 Å². The summed E-state index contributed by atoms with van der Waals surface area (Å²) in [6, 6.07) is 10.7. The second kappa shape index (κ2) is 8.00. The Morgan fingerprint density at radius 3 is 2.62 bits per heavy atom. The summed E-state index contributed by atoms with van der Waals surface area (Å²) in [7, 11) is 3.13. The van der Waals surface area contributed by atoms with Crippen LogP contribution in [0.25, 0.3) is 0 Å². The SMILES string of the molecule is COc1ccc(N2C[C@H](C(=O)N3C[C@H]4C[C@@H](C3)c3cccc(=O)n3C4)CC2=O)c(OC)c1. The van der Waals surface area contributed by atoms with Gasteiger partial charge in [-0.15, -0.1) is 0 Å². The zero-order valence-corrected chi connectivity index (χ0v) is 18.3. The van der Waals surface area contributed by atoms with Crippen LogP contribution < -0.4 is 19.9 Å². The van der Waals surface area contributed by atoms with Crippen LogP contribution in [0.2, 0.25) is 0 Å². The van der Waals surface area contributed by atoms with Gasteiger partial charge in [-0.2, -0.15) is 0 Å². The van der Waals surface area contributed by atoms with Crippen LogP contribution in [0.1, 0.15) is 24.5 Å². The Kier molecular flexibility index (Phi) is 5.15. The fourth-order valence-corrected chi connectivity index (χ4v) is 5.45. The molecule has 8 heteroatoms. The standard InChI is InChI=1S/C24H27N3O5/c1-31-18-6-7-20(21(10-18)32-2)27-14-17(9-23(27)29)24(30)25-11-15-8-16(13-25)19-4-3-5-22(28)26(19)12-15/h3-7,10,15-17H,8-9,11-14H2,1-2H3/t15-,16+,17-/m1/s1. The highest BCUT2D eigenvalue weighted by Gasteiger charge is 2.42. The lowest BCUT2D eigenvalue weighted by Gasteiger charge is -2.43. The van der Waals surface area contributed by atoms with Crippen LogP contribution in [-0.2, 0) is 16.1 Å². The van der Waals surface area contributed by atoms with Crippen molar-refractivity contribution in [1.29, 1.82) is 0 Å². The van der Waals surface area contributed by atoms with Crippen LogP contribution in [0.5, 0.6) is 11.5 Å². The third-order valence-electron chi connectivity index (χ3n) is 6.94. The van der Waals surface area contributed by atoms with E-state index >= 15 is 0 Å². The van der Waals surface area contributed by atoms with Crippen molar-refractivity contribution in [1.82, 2.24) is 9.47 Å². The first-order chi connectivity index (χ1) is 15.5. The van der Waals surface area contributed by atoms with Crippen molar-refractivity contribution in [3.05, 3.63) is 52.4 Å². The van der Waals surface area contributed by atoms with E-state index in [1.54, 1.807) is 49.5 Å². The molecule has 0 N–H and O–H groups in total. The van der Waals surface area contributed by atoms with Crippen molar-refractivity contribution >= 4 is 17.5 Å². The number of anilines is 1. The molecule has 0 saturated carbocycles. The van der Waals surface area contributed by atoms with Gasteiger partial charge in [-0.1, -0.05) is 6.07 Å². The van der Waals surface area contributed by atoms with E-state index in [0.717, 1.165) is 12.1 Å². The predicted molar refractivity (Wildman–Crippen MR) is 118 cm³/mol. The third-order valence-corrected chi connectivity index (χ3v) is 6.94. The highest BCUT2D eigenvalue weighted by molar-refractivity contribution is 6.01. The molecule has 3 aliphatic rings. The molecule has 0 unspecified atom stereocenters. The number of carbonyl (C=O) groups excluding carboxylic acids is 2. The van der Waals surface area contributed by atoms with E-state index in [2.05, 4.69) is 0 Å². The van der Waals surface area contributed by atoms with Crippen molar-refractivity contribution in [3.8, 4) is 11.5 Å². The first-order valence-electron chi connectivity index (χ1n) is 11.0. The van der Waals surface area contributed by atoms with Crippen molar-refractivity contribution in [2.45, 2.75) is 25.3 Å². The zero-order chi connectivity index (χ0) is 22.4. The summed E-state index contributed by atoms with van der Waals surface area (Å²) in [5.74, 6) is 1.17. The first-order valence-corrected chi connectivity index (χ1v) is 11.0. The maximum Gasteiger partial charge on any atom is 0.250 e. The molecule has 3 atom stereocenters. The Balaban J connectivity index is 1.33. The summed E-state index contributed by atoms with van der Waals surface area (Å²) in [5.41, 5.74) is 1.69. The molecule has 2 amide bonds. The highest BCUT2D eigenvalue weighted by Crippen LogP contribution is 2.38. The number of rotatable bonds is 4. The van der Waals surface area contributed by atoms with E-state index in [1.807, 2.05) is 15.5 Å². The third kappa shape index (κ3) is 3.43. The molecule has 4 heterocycles. The molecule has 2 bridgehead atoms. The van der Waals surface area contributed by atoms with Gasteiger partial charge < -0.3 is 23.8 Å². The van der Waals surface area contributed by atoms with E-state index in [9.17, 15) is 14.4 Å². The molecule has 2 fully saturated rings. The van der Waals surface area contributed by atoms with E-state index in [-0.39, 0.29) is 41.5 Å². The molecule has 2 aromatic rings. The largest absolute Gasteiger partial charge is 0.497 e. The van der Waals surface area contributed by atoms with Crippen LogP contribution in [0.3, 0.4) is 0 Å². The molecule has 32 heavy (non-hydrogen) atoms. The van der Waals surface area contributed by atoms with Gasteiger partial charge in [-0.25, -0.2) is 0 Å². The summed E-state index contributed by atoms with van der Waals surface area (Å²) in [6.45, 7) is 2.21. The first kappa shape index (κ1) is 20.6. The van der Waals surface area contributed by atoms with Gasteiger partial charge in [-0.3, -0.25) is 14.4 Å². The Bertz CT molecular complexity index is 1130. The molecule has 1 aromatic carbocycles. The molecule has 0 aliphatic carbocycles. The minimum atomic E-state index is -0.383. The molecule has 168 valence electrons. The maximum absolute atomic E-state index is 13.4. The number of methoxy groups -OCH3 is 2. The van der Waals surface area contributed by atoms with Crippen molar-refractivity contribution < 1.29 is 19.1 Å². The monoisotopic (exact) mass is 437 g/mol. The molecule has 3 aliphatic heterocycles. The Hall–Kier alpha value is -3.29. The summed E-state index contributed by atoms with van der Waals surface area (Å²) in [5, 5.41) is 0. The summed E-state index contributed by atoms with van der Waals surface area (Å²) < 4.78 is 12.6. The van der Waals surface area contributed by atoms with Gasteiger partial charge in [0.25, 0.3) is 5.56 Å². The lowest BCUT2D eigenvalue weighted by atomic mass is 9.82. The number of aromatic nitrogens is 1. The average Bonchev–Trinajstić information content (AvgIpc) is 3.20. The highest BCUT2D eigenvalue weighted by atomic mass is 16.5. The molecular weight excluding hydrogens is 410 g/mol. The van der Waals surface area contributed by atoms with Gasteiger partial charge in [0.05, 0.1) is 25.8 Å².